The number of carbonyl (C=O) groups is 3. The molecule has 4 aromatic rings. The minimum absolute atomic E-state index is 0.0275. The maximum Gasteiger partial charge on any atom is 0.186 e. The second-order valence-electron chi connectivity index (χ2n) is 7.98. The Morgan fingerprint density at radius 3 is 1.67 bits per heavy atom. The summed E-state index contributed by atoms with van der Waals surface area (Å²) in [6.07, 6.45) is 3.76. The Morgan fingerprint density at radius 2 is 1.14 bits per heavy atom. The average Bonchev–Trinajstić information content (AvgIpc) is 2.93. The van der Waals surface area contributed by atoms with Gasteiger partial charge in [0.1, 0.15) is 0 Å². The second-order valence-corrected chi connectivity index (χ2v) is 9.36. The molecule has 0 radical (unpaired) electrons. The molecule has 1 atom stereocenters. The van der Waals surface area contributed by atoms with Crippen LogP contribution in [0.3, 0.4) is 0 Å². The molecule has 0 aromatic heterocycles. The van der Waals surface area contributed by atoms with Gasteiger partial charge < -0.3 is 0 Å². The topological polar surface area (TPSA) is 51.2 Å². The summed E-state index contributed by atoms with van der Waals surface area (Å²) >= 11 is 1.22. The number of hydrogen-bond acceptors (Lipinski definition) is 4. The van der Waals surface area contributed by atoms with E-state index in [1.807, 2.05) is 127 Å². The van der Waals surface area contributed by atoms with Crippen LogP contribution in [0.5, 0.6) is 0 Å². The van der Waals surface area contributed by atoms with Gasteiger partial charge in [0.2, 0.25) is 0 Å². The van der Waals surface area contributed by atoms with Crippen LogP contribution in [0.15, 0.2) is 127 Å². The first kappa shape index (κ1) is 26.6. The van der Waals surface area contributed by atoms with E-state index < -0.39 is 0 Å². The van der Waals surface area contributed by atoms with Gasteiger partial charge >= 0.3 is 0 Å². The minimum atomic E-state index is -0.124. The van der Waals surface area contributed by atoms with Crippen molar-refractivity contribution < 1.29 is 14.4 Å². The van der Waals surface area contributed by atoms with Crippen LogP contribution in [-0.2, 0) is 4.79 Å². The standard InChI is InChI=1S/C17H16O2S.C15H12O/c1-13(18)20-17(15-10-6-3-7-11-15)12-16(19)14-8-4-2-5-9-14;16-15(14-9-5-2-6-10-14)12-11-13-7-3-1-4-8-13/h2-11,17H,12H2,1H3;1-12H/b;12-11+. The van der Waals surface area contributed by atoms with Gasteiger partial charge in [0.15, 0.2) is 16.7 Å². The van der Waals surface area contributed by atoms with E-state index in [-0.39, 0.29) is 21.9 Å². The van der Waals surface area contributed by atoms with Crippen molar-refractivity contribution in [1.82, 2.24) is 0 Å². The molecule has 0 aliphatic heterocycles. The van der Waals surface area contributed by atoms with Crippen molar-refractivity contribution in [1.29, 1.82) is 0 Å². The van der Waals surface area contributed by atoms with E-state index >= 15 is 0 Å². The summed E-state index contributed by atoms with van der Waals surface area (Å²) in [5.41, 5.74) is 3.45. The number of carbonyl (C=O) groups excluding carboxylic acids is 3. The Labute approximate surface area is 216 Å². The maximum absolute atomic E-state index is 12.3. The first-order valence-electron chi connectivity index (χ1n) is 11.7. The highest BCUT2D eigenvalue weighted by molar-refractivity contribution is 8.13. The van der Waals surface area contributed by atoms with Crippen molar-refractivity contribution >= 4 is 34.5 Å². The molecular weight excluding hydrogens is 464 g/mol. The molecule has 1 unspecified atom stereocenters. The van der Waals surface area contributed by atoms with Crippen LogP contribution < -0.4 is 0 Å². The summed E-state index contributed by atoms with van der Waals surface area (Å²) in [5, 5.41) is -0.0962. The van der Waals surface area contributed by atoms with E-state index in [1.165, 1.54) is 18.7 Å². The molecule has 0 fully saturated rings. The lowest BCUT2D eigenvalue weighted by Gasteiger charge is -2.14. The number of hydrogen-bond donors (Lipinski definition) is 0. The van der Waals surface area contributed by atoms with Gasteiger partial charge in [0.25, 0.3) is 0 Å². The fraction of sp³-hybridized carbons (Fsp3) is 0.0938. The van der Waals surface area contributed by atoms with Gasteiger partial charge in [0.05, 0.1) is 0 Å². The van der Waals surface area contributed by atoms with E-state index in [1.54, 1.807) is 6.08 Å². The Morgan fingerprint density at radius 1 is 0.667 bits per heavy atom. The molecule has 4 heteroatoms. The molecule has 0 aliphatic carbocycles. The third-order valence-electron chi connectivity index (χ3n) is 5.23. The van der Waals surface area contributed by atoms with Crippen molar-refractivity contribution in [3.05, 3.63) is 150 Å². The summed E-state index contributed by atoms with van der Waals surface area (Å²) < 4.78 is 0. The van der Waals surface area contributed by atoms with Gasteiger partial charge in [0, 0.05) is 29.7 Å². The fourth-order valence-corrected chi connectivity index (χ4v) is 4.37. The van der Waals surface area contributed by atoms with Crippen LogP contribution in [0.25, 0.3) is 6.08 Å². The summed E-state index contributed by atoms with van der Waals surface area (Å²) in [5.74, 6) is 0.0951. The summed E-state index contributed by atoms with van der Waals surface area (Å²) in [4.78, 5) is 35.4. The smallest absolute Gasteiger partial charge is 0.186 e. The highest BCUT2D eigenvalue weighted by Gasteiger charge is 2.19. The molecule has 4 aromatic carbocycles. The second kappa shape index (κ2) is 14.4. The Kier molecular flexibility index (Phi) is 10.6. The first-order valence-corrected chi connectivity index (χ1v) is 12.5. The zero-order chi connectivity index (χ0) is 25.6. The summed E-state index contributed by atoms with van der Waals surface area (Å²) in [6.45, 7) is 1.54. The predicted molar refractivity (Wildman–Crippen MR) is 149 cm³/mol. The summed E-state index contributed by atoms with van der Waals surface area (Å²) in [7, 11) is 0. The first-order chi connectivity index (χ1) is 17.5. The number of ketones is 2. The van der Waals surface area contributed by atoms with E-state index in [9.17, 15) is 14.4 Å². The van der Waals surface area contributed by atoms with Gasteiger partial charge in [-0.15, -0.1) is 0 Å². The van der Waals surface area contributed by atoms with Crippen LogP contribution in [-0.4, -0.2) is 16.7 Å². The van der Waals surface area contributed by atoms with Gasteiger partial charge in [-0.2, -0.15) is 0 Å². The molecule has 0 bridgehead atoms. The molecule has 0 N–H and O–H groups in total. The number of allylic oxidation sites excluding steroid dienone is 1. The highest BCUT2D eigenvalue weighted by atomic mass is 32.2. The van der Waals surface area contributed by atoms with Crippen molar-refractivity contribution in [2.24, 2.45) is 0 Å². The van der Waals surface area contributed by atoms with E-state index in [4.69, 9.17) is 0 Å². The minimum Gasteiger partial charge on any atom is -0.294 e. The molecule has 0 heterocycles. The van der Waals surface area contributed by atoms with Gasteiger partial charge in [-0.05, 0) is 17.2 Å². The Hall–Kier alpha value is -4.02. The number of rotatable bonds is 8. The lowest BCUT2D eigenvalue weighted by Crippen LogP contribution is -2.06. The Balaban J connectivity index is 0.000000205. The quantitative estimate of drug-likeness (QED) is 0.186. The van der Waals surface area contributed by atoms with Crippen LogP contribution in [0.1, 0.15) is 50.4 Å². The molecular formula is C32H28O3S. The molecule has 3 nitrogen and oxygen atoms in total. The van der Waals surface area contributed by atoms with Crippen molar-refractivity contribution in [2.45, 2.75) is 18.6 Å². The van der Waals surface area contributed by atoms with Gasteiger partial charge in [-0.3, -0.25) is 14.4 Å². The van der Waals surface area contributed by atoms with Crippen molar-refractivity contribution in [3.8, 4) is 0 Å². The zero-order valence-corrected chi connectivity index (χ0v) is 20.9. The largest absolute Gasteiger partial charge is 0.294 e. The Bertz CT molecular complexity index is 1270. The van der Waals surface area contributed by atoms with Crippen molar-refractivity contribution in [2.75, 3.05) is 0 Å². The molecule has 0 aliphatic rings. The molecule has 0 saturated heterocycles. The highest BCUT2D eigenvalue weighted by Crippen LogP contribution is 2.33. The van der Waals surface area contributed by atoms with Crippen LogP contribution in [0.4, 0.5) is 0 Å². The maximum atomic E-state index is 12.3. The number of benzene rings is 4. The summed E-state index contributed by atoms with van der Waals surface area (Å²) in [6, 6.07) is 38.0. The normalized spacial score (nSPS) is 11.2. The fourth-order valence-electron chi connectivity index (χ4n) is 3.44. The van der Waals surface area contributed by atoms with E-state index in [0.29, 0.717) is 12.0 Å². The van der Waals surface area contributed by atoms with E-state index in [0.717, 1.165) is 16.7 Å². The molecule has 0 spiro atoms. The molecule has 0 amide bonds. The zero-order valence-electron chi connectivity index (χ0n) is 20.1. The SMILES string of the molecule is CC(=O)SC(CC(=O)c1ccccc1)c1ccccc1.O=C(/C=C/c1ccccc1)c1ccccc1. The monoisotopic (exact) mass is 492 g/mol. The van der Waals surface area contributed by atoms with E-state index in [2.05, 4.69) is 0 Å². The van der Waals surface area contributed by atoms with Crippen LogP contribution in [0, 0.1) is 0 Å². The lowest BCUT2D eigenvalue weighted by molar-refractivity contribution is -0.109. The predicted octanol–water partition coefficient (Wildman–Crippen LogP) is 7.86. The third kappa shape index (κ3) is 8.97. The third-order valence-corrected chi connectivity index (χ3v) is 6.29. The van der Waals surface area contributed by atoms with Crippen LogP contribution in [0.2, 0.25) is 0 Å². The molecule has 4 rings (SSSR count). The molecule has 180 valence electrons. The van der Waals surface area contributed by atoms with Crippen LogP contribution >= 0.6 is 11.8 Å². The number of Topliss-reactive ketones (excluding diaryl/α,β-unsaturated/α-hetero) is 1. The average molecular weight is 493 g/mol. The van der Waals surface area contributed by atoms with Gasteiger partial charge in [-0.1, -0.05) is 139 Å². The lowest BCUT2D eigenvalue weighted by atomic mass is 10.0. The van der Waals surface area contributed by atoms with Gasteiger partial charge in [-0.25, -0.2) is 0 Å². The molecule has 36 heavy (non-hydrogen) atoms. The molecule has 0 saturated carbocycles. The number of thioether (sulfide) groups is 1. The van der Waals surface area contributed by atoms with Crippen molar-refractivity contribution in [3.63, 3.8) is 0 Å².